The summed E-state index contributed by atoms with van der Waals surface area (Å²) in [4.78, 5) is 13.9. The van der Waals surface area contributed by atoms with Crippen LogP contribution >= 0.6 is 0 Å². The molecule has 1 heterocycles. The molecule has 1 unspecified atom stereocenters. The molecule has 0 aromatic heterocycles. The Kier molecular flexibility index (Phi) is 3.12. The highest BCUT2D eigenvalue weighted by molar-refractivity contribution is 5.74. The minimum atomic E-state index is -0.571. The molecular formula is C14H23NO2. The van der Waals surface area contributed by atoms with E-state index in [0.717, 1.165) is 25.3 Å². The van der Waals surface area contributed by atoms with Gasteiger partial charge in [0.1, 0.15) is 6.04 Å². The fraction of sp³-hybridized carbons (Fsp3) is 0.929. The molecule has 0 bridgehead atoms. The van der Waals surface area contributed by atoms with Crippen molar-refractivity contribution in [3.63, 3.8) is 0 Å². The van der Waals surface area contributed by atoms with Crippen LogP contribution in [0.1, 0.15) is 51.4 Å². The molecular weight excluding hydrogens is 214 g/mol. The van der Waals surface area contributed by atoms with Gasteiger partial charge >= 0.3 is 5.97 Å². The lowest BCUT2D eigenvalue weighted by atomic mass is 9.77. The average molecular weight is 237 g/mol. The van der Waals surface area contributed by atoms with E-state index >= 15 is 0 Å². The Balaban J connectivity index is 1.76. The van der Waals surface area contributed by atoms with E-state index in [1.807, 2.05) is 0 Å². The van der Waals surface area contributed by atoms with Gasteiger partial charge in [0.15, 0.2) is 0 Å². The summed E-state index contributed by atoms with van der Waals surface area (Å²) in [5, 5.41) is 9.48. The van der Waals surface area contributed by atoms with Crippen molar-refractivity contribution in [2.45, 2.75) is 63.5 Å². The molecule has 0 amide bonds. The summed E-state index contributed by atoms with van der Waals surface area (Å²) in [6, 6.07) is 0.417. The first-order valence-corrected chi connectivity index (χ1v) is 7.26. The SMILES string of the molecule is O=C(O)C(C1CC1)N1CCC[C@H]2CCCC[C@H]21. The molecule has 0 spiro atoms. The molecule has 0 radical (unpaired) electrons. The van der Waals surface area contributed by atoms with Crippen LogP contribution in [-0.4, -0.2) is 34.6 Å². The molecule has 3 nitrogen and oxygen atoms in total. The minimum Gasteiger partial charge on any atom is -0.480 e. The summed E-state index contributed by atoms with van der Waals surface area (Å²) in [6.45, 7) is 1.02. The van der Waals surface area contributed by atoms with Crippen LogP contribution in [0.25, 0.3) is 0 Å². The second-order valence-electron chi connectivity index (χ2n) is 6.11. The van der Waals surface area contributed by atoms with E-state index < -0.39 is 5.97 Å². The zero-order valence-electron chi connectivity index (χ0n) is 10.5. The van der Waals surface area contributed by atoms with Gasteiger partial charge in [-0.3, -0.25) is 9.69 Å². The first kappa shape index (κ1) is 11.5. The van der Waals surface area contributed by atoms with Crippen LogP contribution in [0, 0.1) is 11.8 Å². The zero-order valence-corrected chi connectivity index (χ0v) is 10.5. The van der Waals surface area contributed by atoms with E-state index in [4.69, 9.17) is 0 Å². The van der Waals surface area contributed by atoms with Gasteiger partial charge in [0.05, 0.1) is 0 Å². The van der Waals surface area contributed by atoms with Crippen molar-refractivity contribution in [2.24, 2.45) is 11.8 Å². The number of aliphatic carboxylic acids is 1. The largest absolute Gasteiger partial charge is 0.480 e. The first-order valence-electron chi connectivity index (χ1n) is 7.26. The Hall–Kier alpha value is -0.570. The summed E-state index contributed by atoms with van der Waals surface area (Å²) in [7, 11) is 0. The molecule has 3 rings (SSSR count). The number of rotatable bonds is 3. The van der Waals surface area contributed by atoms with Crippen LogP contribution in [0.3, 0.4) is 0 Å². The second kappa shape index (κ2) is 4.60. The predicted molar refractivity (Wildman–Crippen MR) is 65.8 cm³/mol. The highest BCUT2D eigenvalue weighted by Gasteiger charge is 2.45. The van der Waals surface area contributed by atoms with Gasteiger partial charge in [-0.05, 0) is 56.9 Å². The van der Waals surface area contributed by atoms with Crippen molar-refractivity contribution >= 4 is 5.97 Å². The van der Waals surface area contributed by atoms with Crippen molar-refractivity contribution in [1.29, 1.82) is 0 Å². The molecule has 0 aromatic carbocycles. The smallest absolute Gasteiger partial charge is 0.321 e. The lowest BCUT2D eigenvalue weighted by Gasteiger charge is -2.46. The van der Waals surface area contributed by atoms with Gasteiger partial charge in [-0.2, -0.15) is 0 Å². The third-order valence-electron chi connectivity index (χ3n) is 4.97. The molecule has 3 aliphatic rings. The highest BCUT2D eigenvalue weighted by Crippen LogP contribution is 2.42. The fourth-order valence-electron chi connectivity index (χ4n) is 4.03. The summed E-state index contributed by atoms with van der Waals surface area (Å²) in [5.74, 6) is 0.671. The Morgan fingerprint density at radius 3 is 2.47 bits per heavy atom. The molecule has 17 heavy (non-hydrogen) atoms. The minimum absolute atomic E-state index is 0.166. The third kappa shape index (κ3) is 2.22. The number of carboxylic acids is 1. The van der Waals surface area contributed by atoms with Gasteiger partial charge in [-0.1, -0.05) is 12.8 Å². The standard InChI is InChI=1S/C14H23NO2/c16-14(17)13(11-7-8-11)15-9-3-5-10-4-1-2-6-12(10)15/h10-13H,1-9H2,(H,16,17)/t10-,12-,13?/m1/s1. The molecule has 3 atom stereocenters. The quantitative estimate of drug-likeness (QED) is 0.820. The number of hydrogen-bond acceptors (Lipinski definition) is 2. The van der Waals surface area contributed by atoms with Gasteiger partial charge in [0.25, 0.3) is 0 Å². The second-order valence-corrected chi connectivity index (χ2v) is 6.11. The number of carbonyl (C=O) groups is 1. The number of carboxylic acid groups (broad SMARTS) is 1. The summed E-state index contributed by atoms with van der Waals surface area (Å²) >= 11 is 0. The van der Waals surface area contributed by atoms with Gasteiger partial charge < -0.3 is 5.11 Å². The van der Waals surface area contributed by atoms with Gasteiger partial charge in [0, 0.05) is 6.04 Å². The van der Waals surface area contributed by atoms with E-state index in [9.17, 15) is 9.90 Å². The summed E-state index contributed by atoms with van der Waals surface area (Å²) < 4.78 is 0. The Morgan fingerprint density at radius 1 is 1.06 bits per heavy atom. The predicted octanol–water partition coefficient (Wildman–Crippen LogP) is 2.50. The van der Waals surface area contributed by atoms with E-state index in [0.29, 0.717) is 12.0 Å². The maximum absolute atomic E-state index is 11.5. The van der Waals surface area contributed by atoms with E-state index in [1.54, 1.807) is 0 Å². The van der Waals surface area contributed by atoms with E-state index in [-0.39, 0.29) is 6.04 Å². The zero-order chi connectivity index (χ0) is 11.8. The Morgan fingerprint density at radius 2 is 1.76 bits per heavy atom. The van der Waals surface area contributed by atoms with E-state index in [2.05, 4.69) is 4.90 Å². The van der Waals surface area contributed by atoms with Crippen LogP contribution in [0.15, 0.2) is 0 Å². The highest BCUT2D eigenvalue weighted by atomic mass is 16.4. The third-order valence-corrected chi connectivity index (χ3v) is 4.97. The fourth-order valence-corrected chi connectivity index (χ4v) is 4.03. The van der Waals surface area contributed by atoms with Crippen molar-refractivity contribution in [1.82, 2.24) is 4.90 Å². The maximum atomic E-state index is 11.5. The number of likely N-dealkylation sites (tertiary alicyclic amines) is 1. The van der Waals surface area contributed by atoms with Crippen LogP contribution in [0.5, 0.6) is 0 Å². The van der Waals surface area contributed by atoms with Crippen molar-refractivity contribution < 1.29 is 9.90 Å². The lowest BCUT2D eigenvalue weighted by Crippen LogP contribution is -2.54. The molecule has 0 aromatic rings. The van der Waals surface area contributed by atoms with Crippen LogP contribution in [-0.2, 0) is 4.79 Å². The molecule has 1 aliphatic heterocycles. The van der Waals surface area contributed by atoms with Crippen LogP contribution < -0.4 is 0 Å². The Bertz CT molecular complexity index is 299. The molecule has 3 fully saturated rings. The monoisotopic (exact) mass is 237 g/mol. The lowest BCUT2D eigenvalue weighted by molar-refractivity contribution is -0.147. The van der Waals surface area contributed by atoms with Crippen LogP contribution in [0.2, 0.25) is 0 Å². The number of nitrogens with zero attached hydrogens (tertiary/aromatic N) is 1. The first-order chi connectivity index (χ1) is 8.27. The molecule has 3 heteroatoms. The van der Waals surface area contributed by atoms with E-state index in [1.165, 1.54) is 38.5 Å². The van der Waals surface area contributed by atoms with Crippen molar-refractivity contribution in [2.75, 3.05) is 6.54 Å². The topological polar surface area (TPSA) is 40.5 Å². The molecule has 96 valence electrons. The van der Waals surface area contributed by atoms with Crippen molar-refractivity contribution in [3.05, 3.63) is 0 Å². The molecule has 2 saturated carbocycles. The molecule has 2 aliphatic carbocycles. The average Bonchev–Trinajstić information content (AvgIpc) is 3.14. The number of hydrogen-bond donors (Lipinski definition) is 1. The van der Waals surface area contributed by atoms with Gasteiger partial charge in [0.2, 0.25) is 0 Å². The summed E-state index contributed by atoms with van der Waals surface area (Å²) in [5.41, 5.74) is 0. The van der Waals surface area contributed by atoms with Crippen molar-refractivity contribution in [3.8, 4) is 0 Å². The maximum Gasteiger partial charge on any atom is 0.321 e. The normalized spacial score (nSPS) is 36.2. The molecule has 1 saturated heterocycles. The van der Waals surface area contributed by atoms with Gasteiger partial charge in [-0.25, -0.2) is 0 Å². The summed E-state index contributed by atoms with van der Waals surface area (Å²) in [6.07, 6.45) is 10.0. The molecule has 1 N–H and O–H groups in total. The Labute approximate surface area is 103 Å². The van der Waals surface area contributed by atoms with Crippen LogP contribution in [0.4, 0.5) is 0 Å². The van der Waals surface area contributed by atoms with Gasteiger partial charge in [-0.15, -0.1) is 0 Å². The number of fused-ring (bicyclic) bond motifs is 1. The number of piperidine rings is 1.